The molecule has 0 fully saturated rings. The van der Waals surface area contributed by atoms with Crippen molar-refractivity contribution in [1.29, 1.82) is 0 Å². The SMILES string of the molecule is [2H]C([2H])([2H])c1cc2c3c(c1)N(c1ccc(C(C)(C)C)cc1-c1ccccc1)c1ccc(-c4ccccc4)cc1B3c1cc3c(cc1N2c1cc(-c2ccccc2)ccc1C)C(C)(C)CCC3(C)C. The summed E-state index contributed by atoms with van der Waals surface area (Å²) in [5, 5.41) is 0. The van der Waals surface area contributed by atoms with Crippen LogP contribution in [-0.4, -0.2) is 6.71 Å². The lowest BCUT2D eigenvalue weighted by Gasteiger charge is -2.48. The number of hydrogen-bond acceptors (Lipinski definition) is 2. The van der Waals surface area contributed by atoms with Gasteiger partial charge in [0, 0.05) is 38.1 Å². The third-order valence-corrected chi connectivity index (χ3v) is 14.9. The minimum Gasteiger partial charge on any atom is -0.311 e. The smallest absolute Gasteiger partial charge is 0.252 e. The van der Waals surface area contributed by atoms with Crippen LogP contribution in [0.1, 0.15) is 93.2 Å². The van der Waals surface area contributed by atoms with Gasteiger partial charge in [0.2, 0.25) is 0 Å². The molecule has 3 aliphatic rings. The first kappa shape index (κ1) is 37.8. The summed E-state index contributed by atoms with van der Waals surface area (Å²) in [6.07, 6.45) is 2.18. The largest absolute Gasteiger partial charge is 0.311 e. The first-order chi connectivity index (χ1) is 32.4. The molecule has 320 valence electrons. The number of anilines is 6. The summed E-state index contributed by atoms with van der Waals surface area (Å²) in [5.41, 5.74) is 21.5. The molecular formula is C62H59BN2. The Morgan fingerprint density at radius 2 is 1.00 bits per heavy atom. The van der Waals surface area contributed by atoms with Crippen LogP contribution in [0.5, 0.6) is 0 Å². The van der Waals surface area contributed by atoms with Crippen LogP contribution in [0.3, 0.4) is 0 Å². The predicted molar refractivity (Wildman–Crippen MR) is 280 cm³/mol. The van der Waals surface area contributed by atoms with E-state index in [0.29, 0.717) is 5.56 Å². The first-order valence-corrected chi connectivity index (χ1v) is 23.4. The average molecular weight is 846 g/mol. The molecule has 65 heavy (non-hydrogen) atoms. The highest BCUT2D eigenvalue weighted by Crippen LogP contribution is 2.52. The van der Waals surface area contributed by atoms with Crippen molar-refractivity contribution in [1.82, 2.24) is 0 Å². The van der Waals surface area contributed by atoms with Crippen molar-refractivity contribution in [2.75, 3.05) is 9.80 Å². The van der Waals surface area contributed by atoms with Crippen LogP contribution in [-0.2, 0) is 16.2 Å². The van der Waals surface area contributed by atoms with Crippen molar-refractivity contribution in [2.45, 2.75) is 91.3 Å². The van der Waals surface area contributed by atoms with E-state index in [2.05, 4.69) is 223 Å². The lowest BCUT2D eigenvalue weighted by atomic mass is 9.33. The summed E-state index contributed by atoms with van der Waals surface area (Å²) >= 11 is 0. The second kappa shape index (κ2) is 15.0. The predicted octanol–water partition coefficient (Wildman–Crippen LogP) is 15.0. The van der Waals surface area contributed by atoms with Crippen LogP contribution >= 0.6 is 0 Å². The molecule has 11 rings (SSSR count). The molecule has 0 spiro atoms. The Morgan fingerprint density at radius 3 is 1.60 bits per heavy atom. The Morgan fingerprint density at radius 1 is 0.477 bits per heavy atom. The Bertz CT molecular complexity index is 3270. The van der Waals surface area contributed by atoms with Crippen LogP contribution in [0.2, 0.25) is 0 Å². The van der Waals surface area contributed by atoms with Gasteiger partial charge in [0.25, 0.3) is 6.71 Å². The lowest BCUT2D eigenvalue weighted by molar-refractivity contribution is 0.332. The molecule has 2 heterocycles. The average Bonchev–Trinajstić information content (AvgIpc) is 3.33. The van der Waals surface area contributed by atoms with Crippen LogP contribution in [0.4, 0.5) is 34.1 Å². The molecule has 2 aliphatic heterocycles. The van der Waals surface area contributed by atoms with E-state index in [-0.39, 0.29) is 23.0 Å². The minimum absolute atomic E-state index is 0.0448. The van der Waals surface area contributed by atoms with E-state index >= 15 is 0 Å². The molecule has 2 nitrogen and oxygen atoms in total. The van der Waals surface area contributed by atoms with Gasteiger partial charge in [-0.15, -0.1) is 0 Å². The molecule has 0 amide bonds. The zero-order valence-electron chi connectivity index (χ0n) is 42.1. The molecule has 0 atom stereocenters. The third-order valence-electron chi connectivity index (χ3n) is 14.9. The van der Waals surface area contributed by atoms with E-state index in [4.69, 9.17) is 4.11 Å². The van der Waals surface area contributed by atoms with Crippen molar-refractivity contribution < 1.29 is 4.11 Å². The minimum atomic E-state index is -2.39. The highest BCUT2D eigenvalue weighted by Gasteiger charge is 2.47. The van der Waals surface area contributed by atoms with E-state index in [1.807, 2.05) is 12.1 Å². The molecule has 0 unspecified atom stereocenters. The van der Waals surface area contributed by atoms with Gasteiger partial charge in [-0.2, -0.15) is 0 Å². The molecule has 8 aromatic carbocycles. The van der Waals surface area contributed by atoms with Gasteiger partial charge in [-0.1, -0.05) is 176 Å². The van der Waals surface area contributed by atoms with E-state index in [0.717, 1.165) is 91.4 Å². The van der Waals surface area contributed by atoms with Gasteiger partial charge in [0.05, 0.1) is 5.69 Å². The maximum absolute atomic E-state index is 9.16. The summed E-state index contributed by atoms with van der Waals surface area (Å²) in [7, 11) is 0. The number of hydrogen-bond donors (Lipinski definition) is 0. The highest BCUT2D eigenvalue weighted by atomic mass is 15.2. The summed E-state index contributed by atoms with van der Waals surface area (Å²) in [4.78, 5) is 4.83. The molecule has 1 aliphatic carbocycles. The molecule has 0 saturated heterocycles. The molecular weight excluding hydrogens is 784 g/mol. The summed E-state index contributed by atoms with van der Waals surface area (Å²) in [5.74, 6) is 0. The Kier molecular flexibility index (Phi) is 8.71. The van der Waals surface area contributed by atoms with Crippen molar-refractivity contribution >= 4 is 57.2 Å². The normalized spacial score (nSPS) is 16.4. The van der Waals surface area contributed by atoms with Gasteiger partial charge in [0.15, 0.2) is 0 Å². The molecule has 0 aromatic heterocycles. The maximum atomic E-state index is 9.16. The van der Waals surface area contributed by atoms with Crippen LogP contribution in [0.25, 0.3) is 33.4 Å². The number of rotatable bonds is 5. The monoisotopic (exact) mass is 845 g/mol. The Balaban J connectivity index is 1.30. The number of nitrogens with zero attached hydrogens (tertiary/aromatic N) is 2. The number of benzene rings is 8. The van der Waals surface area contributed by atoms with E-state index in [1.54, 1.807) is 0 Å². The molecule has 0 radical (unpaired) electrons. The fraction of sp³-hybridized carbons (Fsp3) is 0.226. The summed E-state index contributed by atoms with van der Waals surface area (Å²) in [6, 6.07) is 61.6. The fourth-order valence-electron chi connectivity index (χ4n) is 11.1. The molecule has 0 bridgehead atoms. The Hall–Kier alpha value is -6.58. The van der Waals surface area contributed by atoms with E-state index in [9.17, 15) is 0 Å². The quantitative estimate of drug-likeness (QED) is 0.159. The van der Waals surface area contributed by atoms with Gasteiger partial charge in [0.1, 0.15) is 0 Å². The Labute approximate surface area is 391 Å². The van der Waals surface area contributed by atoms with Gasteiger partial charge in [-0.25, -0.2) is 0 Å². The van der Waals surface area contributed by atoms with Crippen molar-refractivity contribution in [3.05, 3.63) is 198 Å². The summed E-state index contributed by atoms with van der Waals surface area (Å²) < 4.78 is 27.5. The van der Waals surface area contributed by atoms with Crippen LogP contribution in [0, 0.1) is 13.8 Å². The number of aryl methyl sites for hydroxylation is 2. The standard InChI is InChI=1S/C62H59BN2/c1-40-33-57-59-58(34-40)65(55-36-46(26-25-41(55)2)43-21-15-11-16-22-43)56-39-50-49(61(6,7)31-32-62(50,8)9)38-52(56)63(59)51-35-45(42-19-13-10-14-20-42)27-29-54(51)64(57)53-30-28-47(60(3,4)5)37-48(53)44-23-17-12-18-24-44/h10-30,33-39H,31-32H2,1-9H3/i1D3. The second-order valence-electron chi connectivity index (χ2n) is 21.1. The zero-order valence-corrected chi connectivity index (χ0v) is 39.1. The number of fused-ring (bicyclic) bond motifs is 5. The van der Waals surface area contributed by atoms with Crippen molar-refractivity contribution in [2.24, 2.45) is 0 Å². The topological polar surface area (TPSA) is 6.48 Å². The van der Waals surface area contributed by atoms with E-state index < -0.39 is 6.85 Å². The molecule has 8 aromatic rings. The summed E-state index contributed by atoms with van der Waals surface area (Å²) in [6.45, 7) is 16.0. The van der Waals surface area contributed by atoms with Gasteiger partial charge >= 0.3 is 0 Å². The molecule has 0 N–H and O–H groups in total. The van der Waals surface area contributed by atoms with Gasteiger partial charge in [-0.3, -0.25) is 0 Å². The van der Waals surface area contributed by atoms with Crippen LogP contribution < -0.4 is 26.2 Å². The van der Waals surface area contributed by atoms with Gasteiger partial charge in [-0.05, 0) is 157 Å². The fourth-order valence-corrected chi connectivity index (χ4v) is 11.1. The van der Waals surface area contributed by atoms with E-state index in [1.165, 1.54) is 27.6 Å². The molecule has 3 heteroatoms. The zero-order chi connectivity index (χ0) is 47.5. The van der Waals surface area contributed by atoms with Crippen LogP contribution in [0.15, 0.2) is 170 Å². The van der Waals surface area contributed by atoms with Crippen molar-refractivity contribution in [3.63, 3.8) is 0 Å². The highest BCUT2D eigenvalue weighted by molar-refractivity contribution is 7.00. The molecule has 0 saturated carbocycles. The van der Waals surface area contributed by atoms with Crippen molar-refractivity contribution in [3.8, 4) is 33.4 Å². The third kappa shape index (κ3) is 6.77. The van der Waals surface area contributed by atoms with Gasteiger partial charge < -0.3 is 9.80 Å². The lowest BCUT2D eigenvalue weighted by Crippen LogP contribution is -2.62. The first-order valence-electron chi connectivity index (χ1n) is 24.9. The maximum Gasteiger partial charge on any atom is 0.252 e. The second-order valence-corrected chi connectivity index (χ2v) is 21.1.